The minimum absolute atomic E-state index is 0.0305. The van der Waals surface area contributed by atoms with E-state index in [-0.39, 0.29) is 29.2 Å². The second kappa shape index (κ2) is 8.31. The van der Waals surface area contributed by atoms with Crippen LogP contribution in [0.5, 0.6) is 0 Å². The van der Waals surface area contributed by atoms with E-state index in [0.29, 0.717) is 12.8 Å². The normalized spacial score (nSPS) is 17.8. The molecule has 3 rings (SSSR count). The Morgan fingerprint density at radius 1 is 1.27 bits per heavy atom. The maximum Gasteiger partial charge on any atom is 0.416 e. The van der Waals surface area contributed by atoms with E-state index in [0.717, 1.165) is 40.8 Å². The fourth-order valence-electron chi connectivity index (χ4n) is 3.37. The Kier molecular flexibility index (Phi) is 6.14. The smallest absolute Gasteiger partial charge is 0.352 e. The van der Waals surface area contributed by atoms with Gasteiger partial charge in [0, 0.05) is 31.8 Å². The summed E-state index contributed by atoms with van der Waals surface area (Å²) in [6, 6.07) is 4.20. The predicted octanol–water partition coefficient (Wildman–Crippen LogP) is 3.40. The Balaban J connectivity index is 1.97. The number of benzene rings is 1. The van der Waals surface area contributed by atoms with Gasteiger partial charge in [-0.2, -0.15) is 17.5 Å². The summed E-state index contributed by atoms with van der Waals surface area (Å²) < 4.78 is 80.9. The number of aromatic nitrogens is 1. The number of halogens is 4. The number of carbonyl (C=O) groups is 1. The van der Waals surface area contributed by atoms with Crippen LogP contribution in [0.4, 0.5) is 17.6 Å². The minimum Gasteiger partial charge on any atom is -0.352 e. The van der Waals surface area contributed by atoms with Gasteiger partial charge in [-0.3, -0.25) is 9.78 Å². The van der Waals surface area contributed by atoms with Gasteiger partial charge in [0.05, 0.1) is 22.2 Å². The average molecular weight is 445 g/mol. The number of alkyl halides is 3. The van der Waals surface area contributed by atoms with Gasteiger partial charge >= 0.3 is 6.18 Å². The number of pyridine rings is 1. The highest BCUT2D eigenvalue weighted by molar-refractivity contribution is 7.89. The fourth-order valence-corrected chi connectivity index (χ4v) is 5.04. The Morgan fingerprint density at radius 2 is 1.93 bits per heavy atom. The third kappa shape index (κ3) is 4.62. The van der Waals surface area contributed by atoms with E-state index >= 15 is 0 Å². The molecule has 0 saturated carbocycles. The lowest BCUT2D eigenvalue weighted by Crippen LogP contribution is -2.31. The van der Waals surface area contributed by atoms with Gasteiger partial charge in [-0.25, -0.2) is 12.8 Å². The van der Waals surface area contributed by atoms with E-state index < -0.39 is 39.5 Å². The van der Waals surface area contributed by atoms with Gasteiger partial charge in [-0.1, -0.05) is 0 Å². The van der Waals surface area contributed by atoms with Gasteiger partial charge in [-0.15, -0.1) is 0 Å². The Hall–Kier alpha value is -2.53. The van der Waals surface area contributed by atoms with Crippen molar-refractivity contribution >= 4 is 15.9 Å². The highest BCUT2D eigenvalue weighted by atomic mass is 32.2. The van der Waals surface area contributed by atoms with E-state index in [2.05, 4.69) is 10.3 Å². The molecule has 1 atom stereocenters. The van der Waals surface area contributed by atoms with Crippen molar-refractivity contribution in [2.45, 2.75) is 43.4 Å². The molecule has 1 aliphatic rings. The van der Waals surface area contributed by atoms with Crippen LogP contribution in [0.15, 0.2) is 41.4 Å². The van der Waals surface area contributed by atoms with Crippen LogP contribution in [0.25, 0.3) is 0 Å². The molecular weight excluding hydrogens is 426 g/mol. The van der Waals surface area contributed by atoms with Gasteiger partial charge < -0.3 is 5.32 Å². The first-order chi connectivity index (χ1) is 14.0. The lowest BCUT2D eigenvalue weighted by molar-refractivity contribution is -0.138. The third-order valence-corrected chi connectivity index (χ3v) is 6.73. The fraction of sp³-hybridized carbons (Fsp3) is 0.368. The molecule has 1 saturated heterocycles. The van der Waals surface area contributed by atoms with Gasteiger partial charge in [0.1, 0.15) is 5.82 Å². The first-order valence-corrected chi connectivity index (χ1v) is 10.5. The maximum absolute atomic E-state index is 13.6. The number of carbonyl (C=O) groups excluding carboxylic acids is 1. The molecular formula is C19H19F4N3O3S. The van der Waals surface area contributed by atoms with Crippen molar-refractivity contribution in [3.05, 3.63) is 59.2 Å². The van der Waals surface area contributed by atoms with E-state index in [1.807, 2.05) is 0 Å². The molecule has 1 fully saturated rings. The van der Waals surface area contributed by atoms with Crippen molar-refractivity contribution in [1.29, 1.82) is 0 Å². The number of nitrogens with one attached hydrogen (secondary N) is 1. The van der Waals surface area contributed by atoms with Crippen molar-refractivity contribution in [2.75, 3.05) is 6.54 Å². The van der Waals surface area contributed by atoms with Crippen molar-refractivity contribution in [3.63, 3.8) is 0 Å². The van der Waals surface area contributed by atoms with Crippen molar-refractivity contribution in [1.82, 2.24) is 14.6 Å². The summed E-state index contributed by atoms with van der Waals surface area (Å²) in [4.78, 5) is 15.0. The molecule has 1 amide bonds. The predicted molar refractivity (Wildman–Crippen MR) is 99.0 cm³/mol. The highest BCUT2D eigenvalue weighted by Gasteiger charge is 2.39. The van der Waals surface area contributed by atoms with Crippen LogP contribution in [-0.4, -0.2) is 30.2 Å². The standard InChI is InChI=1S/C19H19F4N3O3S/c1-12(27)24-10-13-11-25-17(9-16(13)19(21,22)23)18-3-2-8-26(18)30(28,29)15-6-4-14(20)5-7-15/h4-7,9,11,18H,2-3,8,10H2,1H3,(H,24,27)/t18-/m0/s1. The lowest BCUT2D eigenvalue weighted by Gasteiger charge is -2.25. The summed E-state index contributed by atoms with van der Waals surface area (Å²) in [7, 11) is -4.04. The first kappa shape index (κ1) is 22.2. The topological polar surface area (TPSA) is 79.4 Å². The van der Waals surface area contributed by atoms with Crippen LogP contribution in [0.1, 0.15) is 42.6 Å². The summed E-state index contributed by atoms with van der Waals surface area (Å²) >= 11 is 0. The molecule has 1 aromatic carbocycles. The molecule has 6 nitrogen and oxygen atoms in total. The summed E-state index contributed by atoms with van der Waals surface area (Å²) in [5.74, 6) is -1.09. The highest BCUT2D eigenvalue weighted by Crippen LogP contribution is 2.39. The zero-order chi connectivity index (χ0) is 22.1. The van der Waals surface area contributed by atoms with Crippen molar-refractivity contribution in [3.8, 4) is 0 Å². The van der Waals surface area contributed by atoms with E-state index in [4.69, 9.17) is 0 Å². The van der Waals surface area contributed by atoms with E-state index in [1.165, 1.54) is 6.92 Å². The molecule has 30 heavy (non-hydrogen) atoms. The average Bonchev–Trinajstić information content (AvgIpc) is 3.16. The van der Waals surface area contributed by atoms with Crippen molar-refractivity contribution in [2.24, 2.45) is 0 Å². The monoisotopic (exact) mass is 445 g/mol. The Labute approximate surface area is 171 Å². The molecule has 1 aliphatic heterocycles. The molecule has 162 valence electrons. The molecule has 1 aromatic heterocycles. The van der Waals surface area contributed by atoms with E-state index in [9.17, 15) is 30.8 Å². The van der Waals surface area contributed by atoms with E-state index in [1.54, 1.807) is 0 Å². The SMILES string of the molecule is CC(=O)NCc1cnc([C@@H]2CCCN2S(=O)(=O)c2ccc(F)cc2)cc1C(F)(F)F. The second-order valence-electron chi connectivity index (χ2n) is 6.90. The molecule has 1 N–H and O–H groups in total. The van der Waals surface area contributed by atoms with Gasteiger partial charge in [0.2, 0.25) is 15.9 Å². The number of hydrogen-bond donors (Lipinski definition) is 1. The zero-order valence-electron chi connectivity index (χ0n) is 15.9. The number of nitrogens with zero attached hydrogens (tertiary/aromatic N) is 2. The Morgan fingerprint density at radius 3 is 2.53 bits per heavy atom. The van der Waals surface area contributed by atoms with Crippen LogP contribution in [0.2, 0.25) is 0 Å². The summed E-state index contributed by atoms with van der Waals surface area (Å²) in [6.45, 7) is 0.951. The van der Waals surface area contributed by atoms with Crippen LogP contribution in [0, 0.1) is 5.82 Å². The maximum atomic E-state index is 13.6. The van der Waals surface area contributed by atoms with Gasteiger partial charge in [-0.05, 0) is 43.2 Å². The molecule has 0 spiro atoms. The lowest BCUT2D eigenvalue weighted by atomic mass is 10.0. The number of rotatable bonds is 5. The minimum atomic E-state index is -4.70. The van der Waals surface area contributed by atoms with Gasteiger partial charge in [0.15, 0.2) is 0 Å². The van der Waals surface area contributed by atoms with Gasteiger partial charge in [0.25, 0.3) is 0 Å². The number of hydrogen-bond acceptors (Lipinski definition) is 4. The van der Waals surface area contributed by atoms with Crippen LogP contribution < -0.4 is 5.32 Å². The molecule has 0 aliphatic carbocycles. The molecule has 0 bridgehead atoms. The van der Waals surface area contributed by atoms with Crippen LogP contribution in [-0.2, 0) is 27.5 Å². The molecule has 0 unspecified atom stereocenters. The second-order valence-corrected chi connectivity index (χ2v) is 8.79. The third-order valence-electron chi connectivity index (χ3n) is 4.81. The molecule has 11 heteroatoms. The quantitative estimate of drug-likeness (QED) is 0.716. The molecule has 2 aromatic rings. The zero-order valence-corrected chi connectivity index (χ0v) is 16.7. The van der Waals surface area contributed by atoms with Crippen LogP contribution in [0.3, 0.4) is 0 Å². The first-order valence-electron chi connectivity index (χ1n) is 9.08. The Bertz CT molecular complexity index is 1040. The van der Waals surface area contributed by atoms with Crippen LogP contribution >= 0.6 is 0 Å². The largest absolute Gasteiger partial charge is 0.416 e. The summed E-state index contributed by atoms with van der Waals surface area (Å²) in [5.41, 5.74) is -1.23. The van der Waals surface area contributed by atoms with Crippen molar-refractivity contribution < 1.29 is 30.8 Å². The molecule has 2 heterocycles. The number of amides is 1. The molecule has 0 radical (unpaired) electrons. The summed E-state index contributed by atoms with van der Waals surface area (Å²) in [6.07, 6.45) is -2.95. The number of sulfonamides is 1. The summed E-state index contributed by atoms with van der Waals surface area (Å²) in [5, 5.41) is 2.31.